The van der Waals surface area contributed by atoms with E-state index in [1.807, 2.05) is 13.8 Å². The van der Waals surface area contributed by atoms with Crippen molar-refractivity contribution >= 4 is 0 Å². The maximum Gasteiger partial charge on any atom is 0.180 e. The van der Waals surface area contributed by atoms with Crippen LogP contribution >= 0.6 is 0 Å². The zero-order valence-corrected chi connectivity index (χ0v) is 9.74. The van der Waals surface area contributed by atoms with Crippen molar-refractivity contribution in [3.05, 3.63) is 0 Å². The number of hydrogen-bond donors (Lipinski definition) is 0. The van der Waals surface area contributed by atoms with Gasteiger partial charge in [0.15, 0.2) is 12.6 Å². The predicted octanol–water partition coefficient (Wildman–Crippen LogP) is 1.93. The first-order chi connectivity index (χ1) is 7.36. The lowest BCUT2D eigenvalue weighted by Crippen LogP contribution is -2.30. The van der Waals surface area contributed by atoms with E-state index in [0.29, 0.717) is 19.8 Å². The molecule has 0 amide bonds. The minimum absolute atomic E-state index is 0.0674. The molecule has 1 saturated heterocycles. The highest BCUT2D eigenvalue weighted by Crippen LogP contribution is 2.14. The molecule has 1 aliphatic rings. The molecule has 90 valence electrons. The van der Waals surface area contributed by atoms with E-state index in [1.54, 1.807) is 0 Å². The highest BCUT2D eigenvalue weighted by molar-refractivity contribution is 4.54. The monoisotopic (exact) mass is 218 g/mol. The summed E-state index contributed by atoms with van der Waals surface area (Å²) in [4.78, 5) is 0. The van der Waals surface area contributed by atoms with Gasteiger partial charge in [0.2, 0.25) is 0 Å². The van der Waals surface area contributed by atoms with Gasteiger partial charge >= 0.3 is 0 Å². The lowest BCUT2D eigenvalue weighted by molar-refractivity contribution is -0.224. The summed E-state index contributed by atoms with van der Waals surface area (Å²) in [6.07, 6.45) is 2.97. The minimum Gasteiger partial charge on any atom is -0.353 e. The summed E-state index contributed by atoms with van der Waals surface area (Å²) in [6, 6.07) is 0. The highest BCUT2D eigenvalue weighted by atomic mass is 16.7. The van der Waals surface area contributed by atoms with Crippen molar-refractivity contribution in [1.82, 2.24) is 0 Å². The molecule has 1 unspecified atom stereocenters. The van der Waals surface area contributed by atoms with E-state index in [-0.39, 0.29) is 12.6 Å². The third-order valence-corrected chi connectivity index (χ3v) is 2.26. The molecule has 0 saturated carbocycles. The maximum absolute atomic E-state index is 5.58. The predicted molar refractivity (Wildman–Crippen MR) is 56.6 cm³/mol. The average Bonchev–Trinajstić information content (AvgIpc) is 2.28. The first-order valence-electron chi connectivity index (χ1n) is 5.83. The lowest BCUT2D eigenvalue weighted by Gasteiger charge is -2.25. The Morgan fingerprint density at radius 3 is 2.47 bits per heavy atom. The van der Waals surface area contributed by atoms with Crippen LogP contribution in [-0.4, -0.2) is 39.0 Å². The van der Waals surface area contributed by atoms with Crippen LogP contribution in [0.4, 0.5) is 0 Å². The van der Waals surface area contributed by atoms with E-state index in [0.717, 1.165) is 19.4 Å². The van der Waals surface area contributed by atoms with Crippen LogP contribution in [0.2, 0.25) is 0 Å². The zero-order chi connectivity index (χ0) is 10.9. The molecular weight excluding hydrogens is 196 g/mol. The van der Waals surface area contributed by atoms with Crippen LogP contribution in [0.5, 0.6) is 0 Å². The van der Waals surface area contributed by atoms with Crippen LogP contribution in [0.1, 0.15) is 33.1 Å². The Labute approximate surface area is 91.8 Å². The van der Waals surface area contributed by atoms with Crippen molar-refractivity contribution < 1.29 is 18.9 Å². The fourth-order valence-corrected chi connectivity index (χ4v) is 1.54. The standard InChI is InChI=1S/C11H22O4/c1-3-12-11(13-4-2)9-15-10-7-5-6-8-14-10/h10-11H,3-9H2,1-2H3. The summed E-state index contributed by atoms with van der Waals surface area (Å²) >= 11 is 0. The summed E-state index contributed by atoms with van der Waals surface area (Å²) in [5, 5.41) is 0. The van der Waals surface area contributed by atoms with Crippen LogP contribution in [-0.2, 0) is 18.9 Å². The van der Waals surface area contributed by atoms with E-state index >= 15 is 0 Å². The van der Waals surface area contributed by atoms with E-state index in [1.165, 1.54) is 6.42 Å². The Bertz CT molecular complexity index is 140. The molecule has 1 aliphatic heterocycles. The SMILES string of the molecule is CCOC(COC1CCCCO1)OCC. The Morgan fingerprint density at radius 1 is 1.20 bits per heavy atom. The first kappa shape index (κ1) is 12.9. The molecule has 1 fully saturated rings. The molecule has 0 bridgehead atoms. The number of hydrogen-bond acceptors (Lipinski definition) is 4. The van der Waals surface area contributed by atoms with E-state index < -0.39 is 0 Å². The molecule has 1 atom stereocenters. The summed E-state index contributed by atoms with van der Waals surface area (Å²) in [7, 11) is 0. The van der Waals surface area contributed by atoms with Gasteiger partial charge in [-0.1, -0.05) is 0 Å². The Morgan fingerprint density at radius 2 is 1.93 bits per heavy atom. The normalized spacial score (nSPS) is 22.2. The summed E-state index contributed by atoms with van der Waals surface area (Å²) in [6.45, 7) is 6.43. The third kappa shape index (κ3) is 5.47. The van der Waals surface area contributed by atoms with Crippen LogP contribution in [0, 0.1) is 0 Å². The summed E-state index contributed by atoms with van der Waals surface area (Å²) in [5.74, 6) is 0. The van der Waals surface area contributed by atoms with Gasteiger partial charge in [0.25, 0.3) is 0 Å². The molecular formula is C11H22O4. The van der Waals surface area contributed by atoms with Gasteiger partial charge in [-0.15, -0.1) is 0 Å². The van der Waals surface area contributed by atoms with Crippen molar-refractivity contribution in [3.63, 3.8) is 0 Å². The second-order valence-electron chi connectivity index (χ2n) is 3.47. The molecule has 0 aromatic heterocycles. The highest BCUT2D eigenvalue weighted by Gasteiger charge is 2.17. The van der Waals surface area contributed by atoms with E-state index in [2.05, 4.69) is 0 Å². The van der Waals surface area contributed by atoms with Gasteiger partial charge in [0.1, 0.15) is 6.61 Å². The molecule has 4 nitrogen and oxygen atoms in total. The van der Waals surface area contributed by atoms with Gasteiger partial charge in [-0.2, -0.15) is 0 Å². The number of ether oxygens (including phenoxy) is 4. The molecule has 0 aliphatic carbocycles. The fourth-order valence-electron chi connectivity index (χ4n) is 1.54. The smallest absolute Gasteiger partial charge is 0.180 e. The fraction of sp³-hybridized carbons (Fsp3) is 1.00. The molecule has 1 heterocycles. The lowest BCUT2D eigenvalue weighted by atomic mass is 10.2. The van der Waals surface area contributed by atoms with Crippen LogP contribution in [0.15, 0.2) is 0 Å². The van der Waals surface area contributed by atoms with Crippen LogP contribution in [0.3, 0.4) is 0 Å². The molecule has 0 spiro atoms. The zero-order valence-electron chi connectivity index (χ0n) is 9.74. The van der Waals surface area contributed by atoms with Crippen LogP contribution in [0.25, 0.3) is 0 Å². The first-order valence-corrected chi connectivity index (χ1v) is 5.83. The van der Waals surface area contributed by atoms with Gasteiger partial charge in [-0.3, -0.25) is 0 Å². The second kappa shape index (κ2) is 8.05. The number of rotatable bonds is 7. The molecule has 0 radical (unpaired) electrons. The quantitative estimate of drug-likeness (QED) is 0.612. The van der Waals surface area contributed by atoms with Gasteiger partial charge in [-0.05, 0) is 33.1 Å². The Balaban J connectivity index is 2.13. The van der Waals surface area contributed by atoms with Crippen molar-refractivity contribution in [3.8, 4) is 0 Å². The summed E-state index contributed by atoms with van der Waals surface area (Å²) in [5.41, 5.74) is 0. The largest absolute Gasteiger partial charge is 0.353 e. The average molecular weight is 218 g/mol. The molecule has 1 rings (SSSR count). The topological polar surface area (TPSA) is 36.9 Å². The van der Waals surface area contributed by atoms with Crippen molar-refractivity contribution in [2.24, 2.45) is 0 Å². The van der Waals surface area contributed by atoms with Gasteiger partial charge < -0.3 is 18.9 Å². The Kier molecular flexibility index (Phi) is 6.92. The maximum atomic E-state index is 5.58. The van der Waals surface area contributed by atoms with Gasteiger partial charge in [0.05, 0.1) is 0 Å². The van der Waals surface area contributed by atoms with Crippen molar-refractivity contribution in [2.45, 2.75) is 45.7 Å². The van der Waals surface area contributed by atoms with Gasteiger partial charge in [-0.25, -0.2) is 0 Å². The molecule has 0 aromatic rings. The van der Waals surface area contributed by atoms with E-state index in [4.69, 9.17) is 18.9 Å². The molecule has 0 aromatic carbocycles. The summed E-state index contributed by atoms with van der Waals surface area (Å²) < 4.78 is 21.8. The Hall–Kier alpha value is -0.160. The van der Waals surface area contributed by atoms with Crippen molar-refractivity contribution in [2.75, 3.05) is 26.4 Å². The van der Waals surface area contributed by atoms with Crippen LogP contribution < -0.4 is 0 Å². The van der Waals surface area contributed by atoms with Gasteiger partial charge in [0, 0.05) is 19.8 Å². The van der Waals surface area contributed by atoms with Crippen molar-refractivity contribution in [1.29, 1.82) is 0 Å². The molecule has 4 heteroatoms. The third-order valence-electron chi connectivity index (χ3n) is 2.26. The molecule has 0 N–H and O–H groups in total. The second-order valence-corrected chi connectivity index (χ2v) is 3.47. The minimum atomic E-state index is -0.259. The van der Waals surface area contributed by atoms with E-state index in [9.17, 15) is 0 Å². The molecule has 15 heavy (non-hydrogen) atoms.